The van der Waals surface area contributed by atoms with Gasteiger partial charge in [0.05, 0.1) is 28.7 Å². The van der Waals surface area contributed by atoms with Gasteiger partial charge in [0.2, 0.25) is 5.95 Å². The predicted octanol–water partition coefficient (Wildman–Crippen LogP) is 4.48. The average molecular weight is 363 g/mol. The number of fused-ring (bicyclic) bond motifs is 1. The fraction of sp³-hybridized carbons (Fsp3) is 0.238. The third kappa shape index (κ3) is 3.07. The van der Waals surface area contributed by atoms with Crippen LogP contribution in [-0.4, -0.2) is 19.1 Å². The van der Waals surface area contributed by atoms with Gasteiger partial charge in [-0.1, -0.05) is 19.9 Å². The number of nitrogens with two attached hydrogens (primary N) is 1. The van der Waals surface area contributed by atoms with Crippen molar-refractivity contribution >= 4 is 17.0 Å². The minimum Gasteiger partial charge on any atom is -0.369 e. The number of hydrogen-bond acceptors (Lipinski definition) is 3. The van der Waals surface area contributed by atoms with Crippen molar-refractivity contribution in [1.82, 2.24) is 19.1 Å². The van der Waals surface area contributed by atoms with Crippen LogP contribution in [0.2, 0.25) is 0 Å². The number of nitrogen functional groups attached to an aromatic ring is 1. The Balaban J connectivity index is 1.88. The molecule has 0 fully saturated rings. The highest BCUT2D eigenvalue weighted by Crippen LogP contribution is 2.33. The van der Waals surface area contributed by atoms with Crippen LogP contribution in [0, 0.1) is 11.7 Å². The smallest absolute Gasteiger partial charge is 0.201 e. The minimum absolute atomic E-state index is 0.259. The number of rotatable bonds is 4. The van der Waals surface area contributed by atoms with Crippen molar-refractivity contribution in [2.75, 3.05) is 5.73 Å². The molecule has 0 saturated carbocycles. The van der Waals surface area contributed by atoms with Gasteiger partial charge in [-0.05, 0) is 42.3 Å². The summed E-state index contributed by atoms with van der Waals surface area (Å²) in [4.78, 5) is 9.02. The van der Waals surface area contributed by atoms with Crippen molar-refractivity contribution in [2.45, 2.75) is 20.4 Å². The Hall–Kier alpha value is -3.15. The number of aromatic nitrogens is 4. The molecule has 5 nitrogen and oxygen atoms in total. The first-order valence-electron chi connectivity index (χ1n) is 8.97. The molecule has 27 heavy (non-hydrogen) atoms. The Kier molecular flexibility index (Phi) is 4.18. The van der Waals surface area contributed by atoms with E-state index in [1.807, 2.05) is 23.7 Å². The summed E-state index contributed by atoms with van der Waals surface area (Å²) in [6.45, 7) is 5.12. The minimum atomic E-state index is -0.259. The Morgan fingerprint density at radius 2 is 1.78 bits per heavy atom. The molecule has 0 aliphatic heterocycles. The number of hydrogen-bond donors (Lipinski definition) is 1. The molecule has 0 spiro atoms. The fourth-order valence-electron chi connectivity index (χ4n) is 3.44. The normalized spacial score (nSPS) is 11.6. The molecule has 0 aliphatic rings. The van der Waals surface area contributed by atoms with E-state index in [-0.39, 0.29) is 5.82 Å². The van der Waals surface area contributed by atoms with Crippen LogP contribution in [-0.2, 0) is 13.6 Å². The van der Waals surface area contributed by atoms with Gasteiger partial charge >= 0.3 is 0 Å². The lowest BCUT2D eigenvalue weighted by Gasteiger charge is -2.11. The van der Waals surface area contributed by atoms with Gasteiger partial charge in [0.15, 0.2) is 0 Å². The molecule has 4 rings (SSSR count). The molecule has 2 N–H and O–H groups in total. The van der Waals surface area contributed by atoms with Crippen LogP contribution in [0.5, 0.6) is 0 Å². The Bertz CT molecular complexity index is 1110. The van der Waals surface area contributed by atoms with Crippen molar-refractivity contribution in [1.29, 1.82) is 0 Å². The quantitative estimate of drug-likeness (QED) is 0.581. The third-order valence-electron chi connectivity index (χ3n) is 4.65. The molecule has 0 radical (unpaired) electrons. The number of imidazole rings is 2. The Morgan fingerprint density at radius 3 is 2.48 bits per heavy atom. The molecule has 4 aromatic rings. The van der Waals surface area contributed by atoms with Gasteiger partial charge in [-0.25, -0.2) is 14.4 Å². The summed E-state index contributed by atoms with van der Waals surface area (Å²) < 4.78 is 17.3. The summed E-state index contributed by atoms with van der Waals surface area (Å²) in [5.41, 5.74) is 11.7. The first kappa shape index (κ1) is 17.3. The SMILES string of the molecule is CC(C)Cn1c(N)nc2ccc(-c3c(-c4ccc(F)cc4)ncn3C)cc21. The van der Waals surface area contributed by atoms with E-state index in [1.54, 1.807) is 18.5 Å². The number of benzene rings is 2. The van der Waals surface area contributed by atoms with Gasteiger partial charge in [0, 0.05) is 24.7 Å². The van der Waals surface area contributed by atoms with Crippen molar-refractivity contribution in [2.24, 2.45) is 13.0 Å². The molecule has 2 aromatic carbocycles. The molecule has 0 amide bonds. The molecule has 2 heterocycles. The van der Waals surface area contributed by atoms with E-state index in [2.05, 4.69) is 34.4 Å². The standard InChI is InChI=1S/C21H22FN5/c1-13(2)11-27-18-10-15(6-9-17(18)25-21(27)23)20-19(24-12-26(20)3)14-4-7-16(22)8-5-14/h4-10,12-13H,11H2,1-3H3,(H2,23,25). The zero-order chi connectivity index (χ0) is 19.1. The van der Waals surface area contributed by atoms with Gasteiger partial charge in [0.25, 0.3) is 0 Å². The summed E-state index contributed by atoms with van der Waals surface area (Å²) in [7, 11) is 1.96. The summed E-state index contributed by atoms with van der Waals surface area (Å²) in [5, 5.41) is 0. The van der Waals surface area contributed by atoms with Crippen molar-refractivity contribution < 1.29 is 4.39 Å². The topological polar surface area (TPSA) is 61.7 Å². The van der Waals surface area contributed by atoms with Crippen LogP contribution in [0.25, 0.3) is 33.5 Å². The van der Waals surface area contributed by atoms with Gasteiger partial charge in [-0.3, -0.25) is 0 Å². The highest BCUT2D eigenvalue weighted by Gasteiger charge is 2.16. The van der Waals surface area contributed by atoms with E-state index in [9.17, 15) is 4.39 Å². The lowest BCUT2D eigenvalue weighted by molar-refractivity contribution is 0.538. The first-order chi connectivity index (χ1) is 12.9. The van der Waals surface area contributed by atoms with Gasteiger partial charge in [-0.2, -0.15) is 0 Å². The van der Waals surface area contributed by atoms with Gasteiger partial charge < -0.3 is 14.9 Å². The molecule has 2 aromatic heterocycles. The van der Waals surface area contributed by atoms with Crippen LogP contribution < -0.4 is 5.73 Å². The summed E-state index contributed by atoms with van der Waals surface area (Å²) in [6, 6.07) is 12.5. The van der Waals surface area contributed by atoms with Gasteiger partial charge in [0.1, 0.15) is 5.82 Å². The lowest BCUT2D eigenvalue weighted by Crippen LogP contribution is -2.07. The zero-order valence-electron chi connectivity index (χ0n) is 15.6. The second-order valence-corrected chi connectivity index (χ2v) is 7.24. The maximum Gasteiger partial charge on any atom is 0.201 e. The summed E-state index contributed by atoms with van der Waals surface area (Å²) in [5.74, 6) is 0.727. The number of aryl methyl sites for hydroxylation is 1. The van der Waals surface area contributed by atoms with Crippen LogP contribution in [0.3, 0.4) is 0 Å². The molecule has 6 heteroatoms. The Morgan fingerprint density at radius 1 is 1.07 bits per heavy atom. The second-order valence-electron chi connectivity index (χ2n) is 7.24. The molecule has 0 atom stereocenters. The van der Waals surface area contributed by atoms with E-state index >= 15 is 0 Å². The van der Waals surface area contributed by atoms with E-state index < -0.39 is 0 Å². The Labute approximate surface area is 157 Å². The van der Waals surface area contributed by atoms with E-state index in [1.165, 1.54) is 12.1 Å². The van der Waals surface area contributed by atoms with Crippen LogP contribution in [0.1, 0.15) is 13.8 Å². The highest BCUT2D eigenvalue weighted by molar-refractivity contribution is 5.87. The molecule has 0 aliphatic carbocycles. The predicted molar refractivity (Wildman–Crippen MR) is 107 cm³/mol. The largest absolute Gasteiger partial charge is 0.369 e. The van der Waals surface area contributed by atoms with Crippen molar-refractivity contribution in [3.8, 4) is 22.5 Å². The average Bonchev–Trinajstić information content (AvgIpc) is 3.15. The van der Waals surface area contributed by atoms with Crippen LogP contribution in [0.4, 0.5) is 10.3 Å². The monoisotopic (exact) mass is 363 g/mol. The van der Waals surface area contributed by atoms with Crippen molar-refractivity contribution in [3.63, 3.8) is 0 Å². The van der Waals surface area contributed by atoms with E-state index in [0.717, 1.165) is 40.1 Å². The molecular weight excluding hydrogens is 341 g/mol. The number of anilines is 1. The van der Waals surface area contributed by atoms with E-state index in [0.29, 0.717) is 11.9 Å². The van der Waals surface area contributed by atoms with Gasteiger partial charge in [-0.15, -0.1) is 0 Å². The van der Waals surface area contributed by atoms with Crippen LogP contribution in [0.15, 0.2) is 48.8 Å². The number of halogens is 1. The summed E-state index contributed by atoms with van der Waals surface area (Å²) in [6.07, 6.45) is 1.78. The molecule has 0 bridgehead atoms. The first-order valence-corrected chi connectivity index (χ1v) is 8.97. The second kappa shape index (κ2) is 6.54. The summed E-state index contributed by atoms with van der Waals surface area (Å²) >= 11 is 0. The molecule has 0 unspecified atom stereocenters. The number of nitrogens with zero attached hydrogens (tertiary/aromatic N) is 4. The maximum absolute atomic E-state index is 13.3. The third-order valence-corrected chi connectivity index (χ3v) is 4.65. The molecule has 138 valence electrons. The fourth-order valence-corrected chi connectivity index (χ4v) is 3.44. The van der Waals surface area contributed by atoms with Crippen molar-refractivity contribution in [3.05, 3.63) is 54.6 Å². The highest BCUT2D eigenvalue weighted by atomic mass is 19.1. The lowest BCUT2D eigenvalue weighted by atomic mass is 10.0. The van der Waals surface area contributed by atoms with E-state index in [4.69, 9.17) is 5.73 Å². The van der Waals surface area contributed by atoms with Crippen LogP contribution >= 0.6 is 0 Å². The molecular formula is C21H22FN5. The molecule has 0 saturated heterocycles. The maximum atomic E-state index is 13.3. The zero-order valence-corrected chi connectivity index (χ0v) is 15.6.